The third-order valence-corrected chi connectivity index (χ3v) is 5.52. The Morgan fingerprint density at radius 2 is 1.72 bits per heavy atom. The number of carbonyl (C=O) groups is 2. The van der Waals surface area contributed by atoms with Gasteiger partial charge >= 0.3 is 0 Å². The molecule has 2 amide bonds. The first kappa shape index (κ1) is 23.0. The van der Waals surface area contributed by atoms with Gasteiger partial charge < -0.3 is 15.4 Å². The van der Waals surface area contributed by atoms with Gasteiger partial charge in [0.15, 0.2) is 0 Å². The van der Waals surface area contributed by atoms with Crippen LogP contribution >= 0.6 is 0 Å². The Morgan fingerprint density at radius 3 is 2.31 bits per heavy atom. The first-order chi connectivity index (χ1) is 15.2. The van der Waals surface area contributed by atoms with Crippen molar-refractivity contribution < 1.29 is 22.7 Å². The monoisotopic (exact) mass is 457 g/mol. The number of amides is 2. The van der Waals surface area contributed by atoms with Gasteiger partial charge in [-0.05, 0) is 48.4 Å². The van der Waals surface area contributed by atoms with Gasteiger partial charge in [-0.25, -0.2) is 13.6 Å². The fraction of sp³-hybridized carbons (Fsp3) is 0.190. The van der Waals surface area contributed by atoms with E-state index in [-0.39, 0.29) is 22.6 Å². The van der Waals surface area contributed by atoms with Crippen molar-refractivity contribution in [3.63, 3.8) is 0 Å². The van der Waals surface area contributed by atoms with Crippen LogP contribution in [0.5, 0.6) is 5.88 Å². The second-order valence-electron chi connectivity index (χ2n) is 6.95. The number of carbonyl (C=O) groups excluding carboxylic acids is 2. The standard InChI is InChI=1S/C21H23N5O5S/c1-26-13-18(21(25-26)31-2)20(28)24-16-7-5-15(6-8-16)19(27)23-12-11-14-3-9-17(10-4-14)32(22,29)30/h3-10,13H,11-12H2,1-2H3,(H,23,27)(H,24,28)(H2,22,29,30). The Bertz CT molecular complexity index is 1220. The van der Waals surface area contributed by atoms with Gasteiger partial charge in [-0.3, -0.25) is 14.3 Å². The fourth-order valence-corrected chi connectivity index (χ4v) is 3.46. The summed E-state index contributed by atoms with van der Waals surface area (Å²) in [6.45, 7) is 0.368. The summed E-state index contributed by atoms with van der Waals surface area (Å²) in [5.74, 6) is -0.418. The van der Waals surface area contributed by atoms with Crippen molar-refractivity contribution in [3.05, 3.63) is 71.4 Å². The third-order valence-electron chi connectivity index (χ3n) is 4.59. The van der Waals surface area contributed by atoms with Crippen LogP contribution in [-0.2, 0) is 23.5 Å². The van der Waals surface area contributed by atoms with Crippen molar-refractivity contribution in [1.82, 2.24) is 15.1 Å². The van der Waals surface area contributed by atoms with Crippen LogP contribution in [0.15, 0.2) is 59.6 Å². The third kappa shape index (κ3) is 5.71. The zero-order chi connectivity index (χ0) is 23.3. The number of primary sulfonamides is 1. The van der Waals surface area contributed by atoms with Crippen molar-refractivity contribution in [1.29, 1.82) is 0 Å². The predicted octanol–water partition coefficient (Wildman–Crippen LogP) is 1.30. The number of benzene rings is 2. The molecule has 3 rings (SSSR count). The summed E-state index contributed by atoms with van der Waals surface area (Å²) in [6, 6.07) is 12.6. The number of methoxy groups -OCH3 is 1. The highest BCUT2D eigenvalue weighted by molar-refractivity contribution is 7.89. The lowest BCUT2D eigenvalue weighted by atomic mass is 10.1. The van der Waals surface area contributed by atoms with E-state index in [1.54, 1.807) is 49.6 Å². The molecule has 4 N–H and O–H groups in total. The SMILES string of the molecule is COc1nn(C)cc1C(=O)Nc1ccc(C(=O)NCCc2ccc(S(N)(=O)=O)cc2)cc1. The van der Waals surface area contributed by atoms with Crippen LogP contribution in [0.25, 0.3) is 0 Å². The summed E-state index contributed by atoms with van der Waals surface area (Å²) in [7, 11) is -0.602. The lowest BCUT2D eigenvalue weighted by Gasteiger charge is -2.08. The molecule has 0 bridgehead atoms. The van der Waals surface area contributed by atoms with E-state index in [1.165, 1.54) is 23.9 Å². The molecule has 168 valence electrons. The molecule has 0 saturated heterocycles. The smallest absolute Gasteiger partial charge is 0.262 e. The van der Waals surface area contributed by atoms with Gasteiger partial charge in [-0.1, -0.05) is 12.1 Å². The summed E-state index contributed by atoms with van der Waals surface area (Å²) >= 11 is 0. The Kier molecular flexibility index (Phi) is 6.91. The molecule has 0 fully saturated rings. The molecule has 0 atom stereocenters. The molecule has 0 aliphatic rings. The number of aromatic nitrogens is 2. The molecular formula is C21H23N5O5S. The molecule has 3 aromatic rings. The van der Waals surface area contributed by atoms with Crippen molar-refractivity contribution in [2.24, 2.45) is 12.2 Å². The maximum atomic E-state index is 12.4. The van der Waals surface area contributed by atoms with Crippen molar-refractivity contribution >= 4 is 27.5 Å². The van der Waals surface area contributed by atoms with Crippen LogP contribution in [-0.4, -0.2) is 43.7 Å². The molecular weight excluding hydrogens is 434 g/mol. The van der Waals surface area contributed by atoms with Gasteiger partial charge in [-0.15, -0.1) is 5.10 Å². The maximum Gasteiger partial charge on any atom is 0.262 e. The van der Waals surface area contributed by atoms with Crippen LogP contribution in [0.1, 0.15) is 26.3 Å². The Morgan fingerprint density at radius 1 is 1.06 bits per heavy atom. The van der Waals surface area contributed by atoms with Gasteiger partial charge in [0.1, 0.15) is 5.56 Å². The van der Waals surface area contributed by atoms with E-state index in [0.717, 1.165) is 5.56 Å². The first-order valence-electron chi connectivity index (χ1n) is 9.56. The Labute approximate surface area is 185 Å². The van der Waals surface area contributed by atoms with E-state index in [0.29, 0.717) is 29.8 Å². The van der Waals surface area contributed by atoms with Gasteiger partial charge in [-0.2, -0.15) is 0 Å². The molecule has 0 aliphatic heterocycles. The van der Waals surface area contributed by atoms with Crippen molar-refractivity contribution in [2.75, 3.05) is 19.0 Å². The topological polar surface area (TPSA) is 145 Å². The molecule has 2 aromatic carbocycles. The Hall–Kier alpha value is -3.70. The number of sulfonamides is 1. The van der Waals surface area contributed by atoms with Gasteiger partial charge in [0.25, 0.3) is 11.8 Å². The highest BCUT2D eigenvalue weighted by Crippen LogP contribution is 2.18. The lowest BCUT2D eigenvalue weighted by Crippen LogP contribution is -2.25. The molecule has 0 unspecified atom stereocenters. The van der Waals surface area contributed by atoms with Crippen molar-refractivity contribution in [3.8, 4) is 5.88 Å². The van der Waals surface area contributed by atoms with E-state index in [1.807, 2.05) is 0 Å². The zero-order valence-corrected chi connectivity index (χ0v) is 18.3. The van der Waals surface area contributed by atoms with Gasteiger partial charge in [0.2, 0.25) is 15.9 Å². The average Bonchev–Trinajstić information content (AvgIpc) is 3.15. The minimum absolute atomic E-state index is 0.0411. The molecule has 32 heavy (non-hydrogen) atoms. The summed E-state index contributed by atoms with van der Waals surface area (Å²) in [4.78, 5) is 24.8. The summed E-state index contributed by atoms with van der Waals surface area (Å²) in [5, 5.41) is 14.7. The molecule has 1 heterocycles. The summed E-state index contributed by atoms with van der Waals surface area (Å²) in [6.07, 6.45) is 2.08. The number of hydrogen-bond donors (Lipinski definition) is 3. The maximum absolute atomic E-state index is 12.4. The molecule has 0 aliphatic carbocycles. The second kappa shape index (κ2) is 9.62. The highest BCUT2D eigenvalue weighted by Gasteiger charge is 2.16. The zero-order valence-electron chi connectivity index (χ0n) is 17.5. The number of hydrogen-bond acceptors (Lipinski definition) is 6. The molecule has 10 nitrogen and oxygen atoms in total. The van der Waals surface area contributed by atoms with Gasteiger partial charge in [0, 0.05) is 31.0 Å². The van der Waals surface area contributed by atoms with E-state index >= 15 is 0 Å². The molecule has 11 heteroatoms. The number of nitrogens with two attached hydrogens (primary N) is 1. The first-order valence-corrected chi connectivity index (χ1v) is 11.1. The Balaban J connectivity index is 1.53. The number of anilines is 1. The summed E-state index contributed by atoms with van der Waals surface area (Å²) in [5.41, 5.74) is 2.12. The number of nitrogens with one attached hydrogen (secondary N) is 2. The van der Waals surface area contributed by atoms with Crippen LogP contribution < -0.4 is 20.5 Å². The van der Waals surface area contributed by atoms with E-state index in [4.69, 9.17) is 9.88 Å². The molecule has 0 spiro atoms. The minimum atomic E-state index is -3.73. The number of rotatable bonds is 8. The van der Waals surface area contributed by atoms with Crippen LogP contribution in [0.4, 0.5) is 5.69 Å². The van der Waals surface area contributed by atoms with E-state index in [9.17, 15) is 18.0 Å². The van der Waals surface area contributed by atoms with Crippen LogP contribution in [0.2, 0.25) is 0 Å². The van der Waals surface area contributed by atoms with Crippen LogP contribution in [0.3, 0.4) is 0 Å². The molecule has 1 aromatic heterocycles. The van der Waals surface area contributed by atoms with E-state index < -0.39 is 10.0 Å². The predicted molar refractivity (Wildman–Crippen MR) is 118 cm³/mol. The number of nitrogens with zero attached hydrogens (tertiary/aromatic N) is 2. The quantitative estimate of drug-likeness (QED) is 0.465. The summed E-state index contributed by atoms with van der Waals surface area (Å²) < 4.78 is 29.1. The largest absolute Gasteiger partial charge is 0.479 e. The fourth-order valence-electron chi connectivity index (χ4n) is 2.95. The molecule has 0 radical (unpaired) electrons. The number of aryl methyl sites for hydroxylation is 1. The average molecular weight is 458 g/mol. The molecule has 0 saturated carbocycles. The highest BCUT2D eigenvalue weighted by atomic mass is 32.2. The van der Waals surface area contributed by atoms with Crippen molar-refractivity contribution in [2.45, 2.75) is 11.3 Å². The lowest BCUT2D eigenvalue weighted by molar-refractivity contribution is 0.0953. The minimum Gasteiger partial charge on any atom is -0.479 e. The normalized spacial score (nSPS) is 11.1. The number of ether oxygens (including phenoxy) is 1. The van der Waals surface area contributed by atoms with E-state index in [2.05, 4.69) is 15.7 Å². The second-order valence-corrected chi connectivity index (χ2v) is 8.51. The van der Waals surface area contributed by atoms with Crippen LogP contribution in [0, 0.1) is 0 Å². The van der Waals surface area contributed by atoms with Gasteiger partial charge in [0.05, 0.1) is 12.0 Å².